The molecule has 4 N–H and O–H groups in total. The zero-order valence-corrected chi connectivity index (χ0v) is 13.1. The number of aliphatic hydroxyl groups is 2. The minimum atomic E-state index is 0.0493. The molecule has 5 heteroatoms. The number of benzene rings is 1. The Morgan fingerprint density at radius 3 is 2.43 bits per heavy atom. The second kappa shape index (κ2) is 7.45. The highest BCUT2D eigenvalue weighted by Gasteiger charge is 2.13. The Morgan fingerprint density at radius 2 is 1.86 bits per heavy atom. The predicted octanol–water partition coefficient (Wildman–Crippen LogP) is 2.35. The molecule has 0 bridgehead atoms. The van der Waals surface area contributed by atoms with Crippen molar-refractivity contribution in [2.24, 2.45) is 0 Å². The lowest BCUT2D eigenvalue weighted by Crippen LogP contribution is -2.30. The molecule has 21 heavy (non-hydrogen) atoms. The summed E-state index contributed by atoms with van der Waals surface area (Å²) in [7, 11) is 0. The Hall–Kier alpha value is -1.56. The van der Waals surface area contributed by atoms with Crippen molar-refractivity contribution in [3.8, 4) is 11.1 Å². The summed E-state index contributed by atoms with van der Waals surface area (Å²) < 4.78 is 0. The maximum absolute atomic E-state index is 9.24. The molecule has 0 fully saturated rings. The number of anilines is 2. The molecule has 0 amide bonds. The monoisotopic (exact) mass is 306 g/mol. The molecule has 1 heterocycles. The highest BCUT2D eigenvalue weighted by molar-refractivity contribution is 7.10. The zero-order chi connectivity index (χ0) is 15.2. The summed E-state index contributed by atoms with van der Waals surface area (Å²) >= 11 is 1.74. The standard InChI is InChI=1S/C16H22N2O2S/c1-2-14-9-12(11-21-14)15-10-13(17)3-4-16(15)18(5-7-19)6-8-20/h3-4,9-11,19-20H,2,5-8,17H2,1H3. The van der Waals surface area contributed by atoms with E-state index >= 15 is 0 Å². The van der Waals surface area contributed by atoms with Crippen molar-refractivity contribution >= 4 is 22.7 Å². The van der Waals surface area contributed by atoms with Gasteiger partial charge in [0.05, 0.1) is 13.2 Å². The number of aryl methyl sites for hydroxylation is 1. The largest absolute Gasteiger partial charge is 0.399 e. The van der Waals surface area contributed by atoms with Crippen molar-refractivity contribution in [3.05, 3.63) is 34.5 Å². The molecule has 0 saturated heterocycles. The van der Waals surface area contributed by atoms with E-state index in [4.69, 9.17) is 5.73 Å². The van der Waals surface area contributed by atoms with Gasteiger partial charge in [-0.05, 0) is 41.6 Å². The molecule has 0 unspecified atom stereocenters. The summed E-state index contributed by atoms with van der Waals surface area (Å²) in [6.45, 7) is 3.21. The first-order valence-electron chi connectivity index (χ1n) is 7.13. The molecule has 2 aromatic rings. The lowest BCUT2D eigenvalue weighted by Gasteiger charge is -2.25. The van der Waals surface area contributed by atoms with E-state index in [0.29, 0.717) is 18.8 Å². The van der Waals surface area contributed by atoms with Gasteiger partial charge >= 0.3 is 0 Å². The van der Waals surface area contributed by atoms with Crippen LogP contribution in [0.5, 0.6) is 0 Å². The van der Waals surface area contributed by atoms with Crippen LogP contribution >= 0.6 is 11.3 Å². The van der Waals surface area contributed by atoms with Gasteiger partial charge in [-0.1, -0.05) is 6.92 Å². The SMILES string of the molecule is CCc1cc(-c2cc(N)ccc2N(CCO)CCO)cs1. The van der Waals surface area contributed by atoms with Crippen LogP contribution in [-0.2, 0) is 6.42 Å². The fourth-order valence-electron chi connectivity index (χ4n) is 2.36. The normalized spacial score (nSPS) is 10.8. The van der Waals surface area contributed by atoms with Gasteiger partial charge in [-0.3, -0.25) is 0 Å². The summed E-state index contributed by atoms with van der Waals surface area (Å²) in [5.41, 5.74) is 9.83. The van der Waals surface area contributed by atoms with Gasteiger partial charge in [-0.2, -0.15) is 0 Å². The van der Waals surface area contributed by atoms with Crippen LogP contribution in [0.15, 0.2) is 29.6 Å². The van der Waals surface area contributed by atoms with Gasteiger partial charge < -0.3 is 20.8 Å². The molecule has 0 aliphatic rings. The van der Waals surface area contributed by atoms with Crippen LogP contribution in [0.1, 0.15) is 11.8 Å². The highest BCUT2D eigenvalue weighted by Crippen LogP contribution is 2.35. The Bertz CT molecular complexity index is 577. The number of nitrogens with two attached hydrogens (primary N) is 1. The van der Waals surface area contributed by atoms with Gasteiger partial charge in [0.1, 0.15) is 0 Å². The van der Waals surface area contributed by atoms with Crippen molar-refractivity contribution in [1.29, 1.82) is 0 Å². The Balaban J connectivity index is 2.45. The van der Waals surface area contributed by atoms with Crippen LogP contribution in [0, 0.1) is 0 Å². The first kappa shape index (κ1) is 15.8. The first-order valence-corrected chi connectivity index (χ1v) is 8.01. The predicted molar refractivity (Wildman–Crippen MR) is 89.9 cm³/mol. The third-order valence-electron chi connectivity index (χ3n) is 3.41. The third-order valence-corrected chi connectivity index (χ3v) is 4.50. The van der Waals surface area contributed by atoms with E-state index in [2.05, 4.69) is 18.4 Å². The topological polar surface area (TPSA) is 69.7 Å². The zero-order valence-electron chi connectivity index (χ0n) is 12.2. The molecule has 0 aliphatic heterocycles. The van der Waals surface area contributed by atoms with Gasteiger partial charge in [-0.15, -0.1) is 11.3 Å². The quantitative estimate of drug-likeness (QED) is 0.687. The summed E-state index contributed by atoms with van der Waals surface area (Å²) in [6.07, 6.45) is 1.01. The maximum atomic E-state index is 9.24. The Kier molecular flexibility index (Phi) is 5.61. The lowest BCUT2D eigenvalue weighted by atomic mass is 10.0. The van der Waals surface area contributed by atoms with Crippen molar-refractivity contribution in [2.45, 2.75) is 13.3 Å². The summed E-state index contributed by atoms with van der Waals surface area (Å²) in [4.78, 5) is 3.31. The molecule has 1 aromatic carbocycles. The van der Waals surface area contributed by atoms with Crippen LogP contribution in [0.2, 0.25) is 0 Å². The minimum absolute atomic E-state index is 0.0493. The molecule has 0 saturated carbocycles. The van der Waals surface area contributed by atoms with E-state index in [-0.39, 0.29) is 13.2 Å². The average molecular weight is 306 g/mol. The van der Waals surface area contributed by atoms with Gasteiger partial charge in [0.2, 0.25) is 0 Å². The molecular weight excluding hydrogens is 284 g/mol. The fraction of sp³-hybridized carbons (Fsp3) is 0.375. The Morgan fingerprint density at radius 1 is 1.14 bits per heavy atom. The fourth-order valence-corrected chi connectivity index (χ4v) is 3.20. The highest BCUT2D eigenvalue weighted by atomic mass is 32.1. The van der Waals surface area contributed by atoms with Crippen molar-refractivity contribution in [3.63, 3.8) is 0 Å². The molecule has 2 rings (SSSR count). The number of thiophene rings is 1. The van der Waals surface area contributed by atoms with Crippen molar-refractivity contribution in [1.82, 2.24) is 0 Å². The minimum Gasteiger partial charge on any atom is -0.399 e. The third kappa shape index (κ3) is 3.75. The average Bonchev–Trinajstić information content (AvgIpc) is 2.96. The molecule has 4 nitrogen and oxygen atoms in total. The van der Waals surface area contributed by atoms with E-state index in [1.54, 1.807) is 11.3 Å². The second-order valence-electron chi connectivity index (χ2n) is 4.87. The number of nitrogen functional groups attached to an aromatic ring is 1. The van der Waals surface area contributed by atoms with E-state index in [1.165, 1.54) is 4.88 Å². The van der Waals surface area contributed by atoms with E-state index in [1.807, 2.05) is 23.1 Å². The number of rotatable bonds is 7. The smallest absolute Gasteiger partial charge is 0.0606 e. The molecule has 0 radical (unpaired) electrons. The van der Waals surface area contributed by atoms with Gasteiger partial charge in [0.25, 0.3) is 0 Å². The lowest BCUT2D eigenvalue weighted by molar-refractivity contribution is 0.281. The van der Waals surface area contributed by atoms with Crippen molar-refractivity contribution < 1.29 is 10.2 Å². The molecule has 1 aromatic heterocycles. The van der Waals surface area contributed by atoms with Crippen LogP contribution in [0.4, 0.5) is 11.4 Å². The summed E-state index contributed by atoms with van der Waals surface area (Å²) in [5.74, 6) is 0. The summed E-state index contributed by atoms with van der Waals surface area (Å²) in [5, 5.41) is 20.6. The number of hydrogen-bond acceptors (Lipinski definition) is 5. The van der Waals surface area contributed by atoms with Crippen LogP contribution < -0.4 is 10.6 Å². The number of hydrogen-bond donors (Lipinski definition) is 3. The van der Waals surface area contributed by atoms with E-state index < -0.39 is 0 Å². The molecular formula is C16H22N2O2S. The van der Waals surface area contributed by atoms with Gasteiger partial charge in [0, 0.05) is 34.9 Å². The van der Waals surface area contributed by atoms with E-state index in [9.17, 15) is 10.2 Å². The van der Waals surface area contributed by atoms with Gasteiger partial charge in [0.15, 0.2) is 0 Å². The number of nitrogens with zero attached hydrogens (tertiary/aromatic N) is 1. The van der Waals surface area contributed by atoms with Crippen LogP contribution in [0.25, 0.3) is 11.1 Å². The molecule has 0 atom stereocenters. The Labute approximate surface area is 129 Å². The molecule has 0 spiro atoms. The first-order chi connectivity index (χ1) is 10.2. The second-order valence-corrected chi connectivity index (χ2v) is 5.86. The van der Waals surface area contributed by atoms with E-state index in [0.717, 1.165) is 23.2 Å². The van der Waals surface area contributed by atoms with Crippen LogP contribution in [0.3, 0.4) is 0 Å². The molecule has 0 aliphatic carbocycles. The molecule has 114 valence electrons. The number of aliphatic hydroxyl groups excluding tert-OH is 2. The summed E-state index contributed by atoms with van der Waals surface area (Å²) in [6, 6.07) is 7.95. The van der Waals surface area contributed by atoms with Crippen LogP contribution in [-0.4, -0.2) is 36.5 Å². The van der Waals surface area contributed by atoms with Crippen molar-refractivity contribution in [2.75, 3.05) is 36.9 Å². The maximum Gasteiger partial charge on any atom is 0.0606 e. The van der Waals surface area contributed by atoms with Gasteiger partial charge in [-0.25, -0.2) is 0 Å².